The molecule has 1 fully saturated rings. The Balaban J connectivity index is 1.57. The van der Waals surface area contributed by atoms with Gasteiger partial charge < -0.3 is 4.74 Å². The van der Waals surface area contributed by atoms with Crippen LogP contribution < -0.4 is 14.4 Å². The van der Waals surface area contributed by atoms with Gasteiger partial charge in [-0.15, -0.1) is 0 Å². The third-order valence-electron chi connectivity index (χ3n) is 4.64. The van der Waals surface area contributed by atoms with Crippen molar-refractivity contribution in [2.24, 2.45) is 0 Å². The minimum Gasteiger partial charge on any atom is -0.494 e. The molecule has 0 atom stereocenters. The second-order valence-corrected chi connectivity index (χ2v) is 8.43. The molecule has 7 nitrogen and oxygen atoms in total. The van der Waals surface area contributed by atoms with Crippen molar-refractivity contribution in [3.63, 3.8) is 0 Å². The highest BCUT2D eigenvalue weighted by molar-refractivity contribution is 7.89. The van der Waals surface area contributed by atoms with E-state index in [-0.39, 0.29) is 36.1 Å². The van der Waals surface area contributed by atoms with Gasteiger partial charge in [0.05, 0.1) is 17.2 Å². The second kappa shape index (κ2) is 9.19. The number of nitrogens with zero attached hydrogens (tertiary/aromatic N) is 1. The number of ether oxygens (including phenoxy) is 1. The lowest BCUT2D eigenvalue weighted by atomic mass is 10.1. The van der Waals surface area contributed by atoms with E-state index in [2.05, 4.69) is 4.72 Å². The number of nitrogens with one attached hydrogen (secondary N) is 1. The number of anilines is 1. The molecule has 2 aromatic carbocycles. The van der Waals surface area contributed by atoms with Crippen LogP contribution in [-0.2, 0) is 26.0 Å². The SMILES string of the molecule is CCOc1ccccc1CCCNS(=O)(=O)c1ccc(N2C(=O)CCC2=O)cc1. The molecular formula is C21H24N2O5S. The minimum atomic E-state index is -3.67. The topological polar surface area (TPSA) is 92.8 Å². The molecular weight excluding hydrogens is 392 g/mol. The highest BCUT2D eigenvalue weighted by Gasteiger charge is 2.30. The third-order valence-corrected chi connectivity index (χ3v) is 6.12. The summed E-state index contributed by atoms with van der Waals surface area (Å²) in [6, 6.07) is 13.5. The lowest BCUT2D eigenvalue weighted by molar-refractivity contribution is -0.121. The number of amides is 2. The number of imide groups is 1. The molecule has 2 aromatic rings. The average molecular weight is 416 g/mol. The molecule has 0 saturated carbocycles. The molecule has 0 spiro atoms. The van der Waals surface area contributed by atoms with E-state index in [0.717, 1.165) is 16.2 Å². The van der Waals surface area contributed by atoms with Gasteiger partial charge in [0.2, 0.25) is 21.8 Å². The number of sulfonamides is 1. The predicted molar refractivity (Wildman–Crippen MR) is 109 cm³/mol. The second-order valence-electron chi connectivity index (χ2n) is 6.66. The molecule has 1 N–H and O–H groups in total. The lowest BCUT2D eigenvalue weighted by Crippen LogP contribution is -2.29. The fourth-order valence-electron chi connectivity index (χ4n) is 3.21. The van der Waals surface area contributed by atoms with Crippen LogP contribution in [0.2, 0.25) is 0 Å². The Morgan fingerprint density at radius 2 is 1.66 bits per heavy atom. The molecule has 0 aliphatic carbocycles. The summed E-state index contributed by atoms with van der Waals surface area (Å²) in [6.45, 7) is 2.79. The summed E-state index contributed by atoms with van der Waals surface area (Å²) in [4.78, 5) is 24.8. The van der Waals surface area contributed by atoms with Crippen LogP contribution in [0.25, 0.3) is 0 Å². The summed E-state index contributed by atoms with van der Waals surface area (Å²) in [5.41, 5.74) is 1.43. The molecule has 0 radical (unpaired) electrons. The van der Waals surface area contributed by atoms with Gasteiger partial charge in [0.1, 0.15) is 5.75 Å². The van der Waals surface area contributed by atoms with Crippen molar-refractivity contribution in [1.82, 2.24) is 4.72 Å². The molecule has 0 bridgehead atoms. The zero-order valence-electron chi connectivity index (χ0n) is 16.3. The molecule has 3 rings (SSSR count). The number of hydrogen-bond acceptors (Lipinski definition) is 5. The van der Waals surface area contributed by atoms with Gasteiger partial charge in [-0.1, -0.05) is 18.2 Å². The number of benzene rings is 2. The fraction of sp³-hybridized carbons (Fsp3) is 0.333. The Morgan fingerprint density at radius 1 is 1.00 bits per heavy atom. The molecule has 0 aromatic heterocycles. The Bertz CT molecular complexity index is 970. The third kappa shape index (κ3) is 5.02. The minimum absolute atomic E-state index is 0.0926. The summed E-state index contributed by atoms with van der Waals surface area (Å²) in [5, 5.41) is 0. The molecule has 0 unspecified atom stereocenters. The molecule has 29 heavy (non-hydrogen) atoms. The van der Waals surface area contributed by atoms with Gasteiger partial charge >= 0.3 is 0 Å². The summed E-state index contributed by atoms with van der Waals surface area (Å²) >= 11 is 0. The van der Waals surface area contributed by atoms with Gasteiger partial charge in [-0.05, 0) is 55.7 Å². The Hall–Kier alpha value is -2.71. The van der Waals surface area contributed by atoms with Crippen molar-refractivity contribution in [1.29, 1.82) is 0 Å². The van der Waals surface area contributed by atoms with Gasteiger partial charge in [0.25, 0.3) is 0 Å². The molecule has 1 saturated heterocycles. The molecule has 8 heteroatoms. The highest BCUT2D eigenvalue weighted by Crippen LogP contribution is 2.24. The van der Waals surface area contributed by atoms with E-state index >= 15 is 0 Å². The molecule has 1 heterocycles. The summed E-state index contributed by atoms with van der Waals surface area (Å²) in [6.07, 6.45) is 1.69. The van der Waals surface area contributed by atoms with Crippen LogP contribution in [0.3, 0.4) is 0 Å². The fourth-order valence-corrected chi connectivity index (χ4v) is 4.29. The van der Waals surface area contributed by atoms with E-state index in [9.17, 15) is 18.0 Å². The maximum Gasteiger partial charge on any atom is 0.240 e. The summed E-state index contributed by atoms with van der Waals surface area (Å²) in [5.74, 6) is 0.284. The quantitative estimate of drug-likeness (QED) is 0.501. The number of carbonyl (C=O) groups excluding carboxylic acids is 2. The summed E-state index contributed by atoms with van der Waals surface area (Å²) < 4.78 is 33.2. The first-order chi connectivity index (χ1) is 13.9. The standard InChI is InChI=1S/C21H24N2O5S/c1-2-28-19-8-4-3-6-16(19)7-5-15-22-29(26,27)18-11-9-17(10-12-18)23-20(24)13-14-21(23)25/h3-4,6,8-12,22H,2,5,7,13-15H2,1H3. The molecule has 1 aliphatic heterocycles. The van der Waals surface area contributed by atoms with Crippen LogP contribution >= 0.6 is 0 Å². The van der Waals surface area contributed by atoms with E-state index in [1.807, 2.05) is 31.2 Å². The van der Waals surface area contributed by atoms with Gasteiger partial charge in [-0.2, -0.15) is 0 Å². The Kier molecular flexibility index (Phi) is 6.66. The zero-order chi connectivity index (χ0) is 20.9. The summed E-state index contributed by atoms with van der Waals surface area (Å²) in [7, 11) is -3.67. The first kappa shape index (κ1) is 21.0. The normalized spacial score (nSPS) is 14.4. The van der Waals surface area contributed by atoms with Crippen LogP contribution in [0.15, 0.2) is 53.4 Å². The van der Waals surface area contributed by atoms with Crippen molar-refractivity contribution in [2.75, 3.05) is 18.1 Å². The number of para-hydroxylation sites is 1. The monoisotopic (exact) mass is 416 g/mol. The molecule has 1 aliphatic rings. The van der Waals surface area contributed by atoms with Crippen LogP contribution in [0, 0.1) is 0 Å². The van der Waals surface area contributed by atoms with E-state index in [1.165, 1.54) is 24.3 Å². The smallest absolute Gasteiger partial charge is 0.240 e. The number of hydrogen-bond donors (Lipinski definition) is 1. The maximum atomic E-state index is 12.5. The predicted octanol–water partition coefficient (Wildman–Crippen LogP) is 2.65. The number of carbonyl (C=O) groups is 2. The van der Waals surface area contributed by atoms with Gasteiger partial charge in [-0.25, -0.2) is 13.1 Å². The van der Waals surface area contributed by atoms with Gasteiger partial charge in [-0.3, -0.25) is 14.5 Å². The number of aryl methyl sites for hydroxylation is 1. The highest BCUT2D eigenvalue weighted by atomic mass is 32.2. The van der Waals surface area contributed by atoms with Crippen molar-refractivity contribution >= 4 is 27.5 Å². The van der Waals surface area contributed by atoms with Crippen molar-refractivity contribution in [2.45, 2.75) is 37.5 Å². The number of rotatable bonds is 9. The maximum absolute atomic E-state index is 12.5. The first-order valence-corrected chi connectivity index (χ1v) is 11.1. The lowest BCUT2D eigenvalue weighted by Gasteiger charge is -2.14. The Morgan fingerprint density at radius 3 is 2.31 bits per heavy atom. The van der Waals surface area contributed by atoms with Crippen molar-refractivity contribution in [3.8, 4) is 5.75 Å². The van der Waals surface area contributed by atoms with E-state index < -0.39 is 10.0 Å². The van der Waals surface area contributed by atoms with Gasteiger partial charge in [0.15, 0.2) is 0 Å². The largest absolute Gasteiger partial charge is 0.494 e. The van der Waals surface area contributed by atoms with E-state index in [1.54, 1.807) is 0 Å². The van der Waals surface area contributed by atoms with Crippen molar-refractivity contribution < 1.29 is 22.7 Å². The van der Waals surface area contributed by atoms with E-state index in [4.69, 9.17) is 4.74 Å². The average Bonchev–Trinajstić information content (AvgIpc) is 3.05. The molecule has 154 valence electrons. The van der Waals surface area contributed by atoms with Crippen LogP contribution in [0.5, 0.6) is 5.75 Å². The van der Waals surface area contributed by atoms with Crippen LogP contribution in [-0.4, -0.2) is 33.4 Å². The van der Waals surface area contributed by atoms with Gasteiger partial charge in [0, 0.05) is 19.4 Å². The first-order valence-electron chi connectivity index (χ1n) is 9.58. The van der Waals surface area contributed by atoms with E-state index in [0.29, 0.717) is 25.1 Å². The Labute approximate surface area is 170 Å². The van der Waals surface area contributed by atoms with Crippen LogP contribution in [0.1, 0.15) is 31.7 Å². The van der Waals surface area contributed by atoms with Crippen molar-refractivity contribution in [3.05, 3.63) is 54.1 Å². The zero-order valence-corrected chi connectivity index (χ0v) is 17.1. The van der Waals surface area contributed by atoms with Crippen LogP contribution in [0.4, 0.5) is 5.69 Å². The molecule has 2 amide bonds.